The summed E-state index contributed by atoms with van der Waals surface area (Å²) in [6.45, 7) is 5.86. The lowest BCUT2D eigenvalue weighted by Crippen LogP contribution is -2.69. The highest BCUT2D eigenvalue weighted by Gasteiger charge is 2.60. The molecule has 0 aromatic rings. The van der Waals surface area contributed by atoms with Crippen LogP contribution in [0.4, 0.5) is 4.79 Å². The van der Waals surface area contributed by atoms with Crippen molar-refractivity contribution in [1.82, 2.24) is 4.90 Å². The van der Waals surface area contributed by atoms with Crippen LogP contribution in [0, 0.1) is 5.92 Å². The number of piperidine rings is 1. The lowest BCUT2D eigenvalue weighted by atomic mass is 9.61. The number of hydrogen-bond acceptors (Lipinski definition) is 3. The predicted molar refractivity (Wildman–Crippen MR) is 65.3 cm³/mol. The molecule has 1 saturated carbocycles. The number of carbonyl (C=O) groups excluding carboxylic acids is 1. The molecular weight excluding hydrogens is 234 g/mol. The molecule has 0 bridgehead atoms. The highest BCUT2D eigenvalue weighted by atomic mass is 16.6. The Labute approximate surface area is 107 Å². The van der Waals surface area contributed by atoms with Crippen LogP contribution in [-0.2, 0) is 9.53 Å². The molecule has 0 spiro atoms. The first-order chi connectivity index (χ1) is 8.27. The van der Waals surface area contributed by atoms with Crippen molar-refractivity contribution < 1.29 is 19.4 Å². The minimum absolute atomic E-state index is 0.0938. The monoisotopic (exact) mass is 255 g/mol. The molecule has 2 aliphatic rings. The number of aliphatic carboxylic acids is 1. The van der Waals surface area contributed by atoms with Gasteiger partial charge in [0.15, 0.2) is 0 Å². The van der Waals surface area contributed by atoms with Gasteiger partial charge in [0.2, 0.25) is 0 Å². The Balaban J connectivity index is 2.20. The molecule has 1 amide bonds. The molecule has 2 fully saturated rings. The third-order valence-electron chi connectivity index (χ3n) is 3.95. The number of carboxylic acids is 1. The molecule has 5 heteroatoms. The number of amides is 1. The summed E-state index contributed by atoms with van der Waals surface area (Å²) in [6, 6.07) is 0. The van der Waals surface area contributed by atoms with Gasteiger partial charge in [0.05, 0.1) is 0 Å². The van der Waals surface area contributed by atoms with E-state index in [4.69, 9.17) is 4.74 Å². The van der Waals surface area contributed by atoms with E-state index in [-0.39, 0.29) is 5.92 Å². The van der Waals surface area contributed by atoms with Crippen LogP contribution in [0.15, 0.2) is 0 Å². The summed E-state index contributed by atoms with van der Waals surface area (Å²) >= 11 is 0. The first-order valence-corrected chi connectivity index (χ1v) is 6.51. The summed E-state index contributed by atoms with van der Waals surface area (Å²) < 4.78 is 5.33. The van der Waals surface area contributed by atoms with E-state index < -0.39 is 23.2 Å². The molecule has 102 valence electrons. The summed E-state index contributed by atoms with van der Waals surface area (Å²) in [5, 5.41) is 9.49. The first kappa shape index (κ1) is 13.2. The second-order valence-corrected chi connectivity index (χ2v) is 6.24. The second kappa shape index (κ2) is 4.14. The molecule has 5 nitrogen and oxygen atoms in total. The molecule has 0 aromatic heterocycles. The highest BCUT2D eigenvalue weighted by Crippen LogP contribution is 2.49. The van der Waals surface area contributed by atoms with Gasteiger partial charge in [0.25, 0.3) is 0 Å². The molecule has 1 heterocycles. The van der Waals surface area contributed by atoms with Gasteiger partial charge in [0.1, 0.15) is 11.1 Å². The predicted octanol–water partition coefficient (Wildman–Crippen LogP) is 2.25. The average Bonchev–Trinajstić information content (AvgIpc) is 2.16. The van der Waals surface area contributed by atoms with Crippen LogP contribution in [0.3, 0.4) is 0 Å². The molecule has 0 aromatic carbocycles. The van der Waals surface area contributed by atoms with Gasteiger partial charge < -0.3 is 9.84 Å². The van der Waals surface area contributed by atoms with Crippen LogP contribution in [0.2, 0.25) is 0 Å². The largest absolute Gasteiger partial charge is 0.479 e. The average molecular weight is 255 g/mol. The number of likely N-dealkylation sites (tertiary alicyclic amines) is 1. The Hall–Kier alpha value is -1.26. The number of carbonyl (C=O) groups is 2. The van der Waals surface area contributed by atoms with Crippen molar-refractivity contribution in [3.63, 3.8) is 0 Å². The van der Waals surface area contributed by atoms with Crippen LogP contribution in [0.1, 0.15) is 46.5 Å². The molecule has 1 aliphatic carbocycles. The Morgan fingerprint density at radius 3 is 2.44 bits per heavy atom. The topological polar surface area (TPSA) is 66.8 Å². The van der Waals surface area contributed by atoms with Crippen molar-refractivity contribution in [2.24, 2.45) is 5.92 Å². The molecule has 18 heavy (non-hydrogen) atoms. The van der Waals surface area contributed by atoms with E-state index in [9.17, 15) is 14.7 Å². The van der Waals surface area contributed by atoms with Crippen molar-refractivity contribution >= 4 is 12.1 Å². The lowest BCUT2D eigenvalue weighted by Gasteiger charge is -2.55. The van der Waals surface area contributed by atoms with Gasteiger partial charge in [-0.15, -0.1) is 0 Å². The van der Waals surface area contributed by atoms with Gasteiger partial charge in [-0.25, -0.2) is 9.59 Å². The standard InChI is InChI=1S/C13H21NO4/c1-12(2,3)18-11(17)14-8-4-5-9-6-7-13(9,14)10(15)16/h9H,4-8H2,1-3H3,(H,15,16)/t9-,13+/m1/s1. The zero-order valence-electron chi connectivity index (χ0n) is 11.2. The Morgan fingerprint density at radius 2 is 2.00 bits per heavy atom. The first-order valence-electron chi connectivity index (χ1n) is 6.51. The molecule has 1 saturated heterocycles. The van der Waals surface area contributed by atoms with E-state index in [1.807, 2.05) is 0 Å². The van der Waals surface area contributed by atoms with E-state index in [1.54, 1.807) is 20.8 Å². The zero-order chi connectivity index (χ0) is 13.6. The Bertz CT molecular complexity index is 374. The molecular formula is C13H21NO4. The Morgan fingerprint density at radius 1 is 1.33 bits per heavy atom. The summed E-state index contributed by atoms with van der Waals surface area (Å²) in [5.74, 6) is -0.791. The summed E-state index contributed by atoms with van der Waals surface area (Å²) in [6.07, 6.45) is 2.71. The summed E-state index contributed by atoms with van der Waals surface area (Å²) in [4.78, 5) is 25.2. The van der Waals surface area contributed by atoms with Crippen molar-refractivity contribution in [2.45, 2.75) is 57.6 Å². The molecule has 1 aliphatic heterocycles. The molecule has 2 rings (SSSR count). The molecule has 0 unspecified atom stereocenters. The van der Waals surface area contributed by atoms with Gasteiger partial charge in [-0.05, 0) is 52.4 Å². The van der Waals surface area contributed by atoms with Gasteiger partial charge in [-0.2, -0.15) is 0 Å². The third kappa shape index (κ3) is 1.95. The summed E-state index contributed by atoms with van der Waals surface area (Å²) in [5.41, 5.74) is -1.59. The van der Waals surface area contributed by atoms with Crippen molar-refractivity contribution in [3.05, 3.63) is 0 Å². The van der Waals surface area contributed by atoms with Crippen molar-refractivity contribution in [3.8, 4) is 0 Å². The minimum atomic E-state index is -0.999. The number of carboxylic acid groups (broad SMARTS) is 1. The van der Waals surface area contributed by atoms with Crippen LogP contribution in [0.25, 0.3) is 0 Å². The quantitative estimate of drug-likeness (QED) is 0.780. The van der Waals surface area contributed by atoms with Crippen molar-refractivity contribution in [2.75, 3.05) is 6.54 Å². The van der Waals surface area contributed by atoms with Crippen LogP contribution in [-0.4, -0.2) is 39.8 Å². The highest BCUT2D eigenvalue weighted by molar-refractivity contribution is 5.86. The fraction of sp³-hybridized carbons (Fsp3) is 0.846. The fourth-order valence-corrected chi connectivity index (χ4v) is 3.02. The minimum Gasteiger partial charge on any atom is -0.479 e. The number of nitrogens with zero attached hydrogens (tertiary/aromatic N) is 1. The number of hydrogen-bond donors (Lipinski definition) is 1. The van der Waals surface area contributed by atoms with E-state index in [0.717, 1.165) is 19.3 Å². The van der Waals surface area contributed by atoms with E-state index >= 15 is 0 Å². The van der Waals surface area contributed by atoms with E-state index in [0.29, 0.717) is 13.0 Å². The summed E-state index contributed by atoms with van der Waals surface area (Å²) in [7, 11) is 0. The van der Waals surface area contributed by atoms with Crippen LogP contribution in [0.5, 0.6) is 0 Å². The fourth-order valence-electron chi connectivity index (χ4n) is 3.02. The second-order valence-electron chi connectivity index (χ2n) is 6.24. The molecule has 2 atom stereocenters. The maximum atomic E-state index is 12.2. The number of ether oxygens (including phenoxy) is 1. The molecule has 1 N–H and O–H groups in total. The SMILES string of the molecule is CC(C)(C)OC(=O)N1CCC[C@@H]2CC[C@@]21C(=O)O. The van der Waals surface area contributed by atoms with Crippen LogP contribution >= 0.6 is 0 Å². The van der Waals surface area contributed by atoms with Crippen molar-refractivity contribution in [1.29, 1.82) is 0 Å². The van der Waals surface area contributed by atoms with Gasteiger partial charge in [0, 0.05) is 6.54 Å². The maximum absolute atomic E-state index is 12.2. The smallest absolute Gasteiger partial charge is 0.411 e. The number of rotatable bonds is 1. The zero-order valence-corrected chi connectivity index (χ0v) is 11.2. The van der Waals surface area contributed by atoms with E-state index in [2.05, 4.69) is 0 Å². The number of fused-ring (bicyclic) bond motifs is 1. The van der Waals surface area contributed by atoms with Crippen LogP contribution < -0.4 is 0 Å². The Kier molecular flexibility index (Phi) is 3.03. The van der Waals surface area contributed by atoms with E-state index in [1.165, 1.54) is 4.90 Å². The maximum Gasteiger partial charge on any atom is 0.411 e. The third-order valence-corrected chi connectivity index (χ3v) is 3.95. The van der Waals surface area contributed by atoms with Gasteiger partial charge in [-0.3, -0.25) is 4.90 Å². The molecule has 0 radical (unpaired) electrons. The van der Waals surface area contributed by atoms with Gasteiger partial charge >= 0.3 is 12.1 Å². The normalized spacial score (nSPS) is 31.3. The lowest BCUT2D eigenvalue weighted by molar-refractivity contribution is -0.170. The van der Waals surface area contributed by atoms with Gasteiger partial charge in [-0.1, -0.05) is 0 Å².